The second-order valence-corrected chi connectivity index (χ2v) is 8.79. The molecule has 0 saturated carbocycles. The monoisotopic (exact) mass is 398 g/mol. The minimum absolute atomic E-state index is 0.0806. The third-order valence-electron chi connectivity index (χ3n) is 6.41. The quantitative estimate of drug-likeness (QED) is 0.858. The molecule has 0 spiro atoms. The Morgan fingerprint density at radius 2 is 1.76 bits per heavy atom. The number of fused-ring (bicyclic) bond motifs is 1. The molecule has 4 rings (SSSR count). The van der Waals surface area contributed by atoms with Crippen molar-refractivity contribution in [3.05, 3.63) is 17.8 Å². The first-order valence-corrected chi connectivity index (χ1v) is 11.2. The summed E-state index contributed by atoms with van der Waals surface area (Å²) < 4.78 is 1.74. The van der Waals surface area contributed by atoms with Crippen LogP contribution in [0.5, 0.6) is 0 Å². The summed E-state index contributed by atoms with van der Waals surface area (Å²) in [5, 5.41) is 8.56. The molecule has 7 heteroatoms. The van der Waals surface area contributed by atoms with Gasteiger partial charge in [0, 0.05) is 45.3 Å². The van der Waals surface area contributed by atoms with Crippen molar-refractivity contribution < 1.29 is 4.79 Å². The predicted octanol–water partition coefficient (Wildman–Crippen LogP) is 2.95. The molecular formula is C22H34N6O. The van der Waals surface area contributed by atoms with Crippen LogP contribution in [0.1, 0.15) is 62.9 Å². The topological polar surface area (TPSA) is 66.3 Å². The molecule has 7 nitrogen and oxygen atoms in total. The average molecular weight is 399 g/mol. The number of aryl methyl sites for hydroxylation is 1. The number of anilines is 1. The number of nitrogens with zero attached hydrogens (tertiary/aromatic N) is 5. The van der Waals surface area contributed by atoms with Crippen LogP contribution >= 0.6 is 0 Å². The lowest BCUT2D eigenvalue weighted by molar-refractivity contribution is 0.0896. The van der Waals surface area contributed by atoms with E-state index in [2.05, 4.69) is 34.1 Å². The molecule has 2 aliphatic rings. The Hall–Kier alpha value is -2.15. The smallest absolute Gasteiger partial charge is 0.272 e. The lowest BCUT2D eigenvalue weighted by Crippen LogP contribution is -2.46. The van der Waals surface area contributed by atoms with Crippen molar-refractivity contribution in [2.75, 3.05) is 31.1 Å². The van der Waals surface area contributed by atoms with Gasteiger partial charge in [0.05, 0.1) is 5.39 Å². The first-order chi connectivity index (χ1) is 14.0. The van der Waals surface area contributed by atoms with Gasteiger partial charge in [-0.05, 0) is 51.7 Å². The van der Waals surface area contributed by atoms with Crippen LogP contribution in [0.3, 0.4) is 0 Å². The van der Waals surface area contributed by atoms with Crippen molar-refractivity contribution in [3.8, 4) is 0 Å². The molecule has 0 aromatic carbocycles. The molecule has 158 valence electrons. The minimum Gasteiger partial charge on any atom is -0.357 e. The first-order valence-electron chi connectivity index (χ1n) is 11.2. The van der Waals surface area contributed by atoms with Crippen molar-refractivity contribution >= 4 is 22.8 Å². The third-order valence-corrected chi connectivity index (χ3v) is 6.41. The maximum absolute atomic E-state index is 12.9. The molecule has 1 N–H and O–H groups in total. The Morgan fingerprint density at radius 1 is 1.07 bits per heavy atom. The average Bonchev–Trinajstić information content (AvgIpc) is 2.89. The lowest BCUT2D eigenvalue weighted by Gasteiger charge is -2.34. The SMILES string of the molecule is CC(C)N1CCC(NC(=O)c2nn(C)c3nc(N4CCCCCC4)ccc23)CC1. The van der Waals surface area contributed by atoms with Gasteiger partial charge in [0.15, 0.2) is 11.3 Å². The molecule has 2 aromatic heterocycles. The Kier molecular flexibility index (Phi) is 6.04. The van der Waals surface area contributed by atoms with E-state index < -0.39 is 0 Å². The number of carbonyl (C=O) groups excluding carboxylic acids is 1. The molecule has 0 radical (unpaired) electrons. The molecule has 1 amide bonds. The highest BCUT2D eigenvalue weighted by Crippen LogP contribution is 2.23. The van der Waals surface area contributed by atoms with E-state index in [4.69, 9.17) is 4.98 Å². The summed E-state index contributed by atoms with van der Waals surface area (Å²) in [6.45, 7) is 8.63. The highest BCUT2D eigenvalue weighted by molar-refractivity contribution is 6.04. The van der Waals surface area contributed by atoms with Crippen LogP contribution in [0.4, 0.5) is 5.82 Å². The number of piperidine rings is 1. The van der Waals surface area contributed by atoms with E-state index in [0.717, 1.165) is 55.9 Å². The molecule has 29 heavy (non-hydrogen) atoms. The highest BCUT2D eigenvalue weighted by Gasteiger charge is 2.25. The zero-order valence-corrected chi connectivity index (χ0v) is 18.0. The van der Waals surface area contributed by atoms with Crippen LogP contribution in [-0.2, 0) is 7.05 Å². The van der Waals surface area contributed by atoms with Crippen LogP contribution in [0.2, 0.25) is 0 Å². The summed E-state index contributed by atoms with van der Waals surface area (Å²) >= 11 is 0. The maximum Gasteiger partial charge on any atom is 0.272 e. The normalized spacial score (nSPS) is 19.7. The van der Waals surface area contributed by atoms with E-state index in [1.54, 1.807) is 4.68 Å². The van der Waals surface area contributed by atoms with Gasteiger partial charge in [-0.15, -0.1) is 0 Å². The van der Waals surface area contributed by atoms with Gasteiger partial charge in [0.1, 0.15) is 5.82 Å². The zero-order valence-electron chi connectivity index (χ0n) is 18.0. The second kappa shape index (κ2) is 8.69. The molecule has 0 aliphatic carbocycles. The van der Waals surface area contributed by atoms with Crippen LogP contribution in [-0.4, -0.2) is 63.8 Å². The number of amides is 1. The number of nitrogens with one attached hydrogen (secondary N) is 1. The van der Waals surface area contributed by atoms with Gasteiger partial charge in [-0.3, -0.25) is 4.79 Å². The van der Waals surface area contributed by atoms with Crippen molar-refractivity contribution in [1.29, 1.82) is 0 Å². The number of aromatic nitrogens is 3. The molecule has 2 saturated heterocycles. The van der Waals surface area contributed by atoms with Crippen LogP contribution < -0.4 is 10.2 Å². The van der Waals surface area contributed by atoms with E-state index in [0.29, 0.717) is 11.7 Å². The van der Waals surface area contributed by atoms with Gasteiger partial charge in [-0.25, -0.2) is 9.67 Å². The van der Waals surface area contributed by atoms with E-state index in [-0.39, 0.29) is 11.9 Å². The zero-order chi connectivity index (χ0) is 20.4. The fourth-order valence-corrected chi connectivity index (χ4v) is 4.58. The summed E-state index contributed by atoms with van der Waals surface area (Å²) in [5.74, 6) is 0.915. The van der Waals surface area contributed by atoms with E-state index in [1.165, 1.54) is 25.7 Å². The molecule has 2 fully saturated rings. The number of pyridine rings is 1. The second-order valence-electron chi connectivity index (χ2n) is 8.79. The van der Waals surface area contributed by atoms with Gasteiger partial charge in [-0.1, -0.05) is 12.8 Å². The Morgan fingerprint density at radius 3 is 2.41 bits per heavy atom. The molecule has 4 heterocycles. The summed E-state index contributed by atoms with van der Waals surface area (Å²) in [5.41, 5.74) is 1.27. The summed E-state index contributed by atoms with van der Waals surface area (Å²) in [7, 11) is 1.87. The molecule has 2 aromatic rings. The van der Waals surface area contributed by atoms with E-state index in [9.17, 15) is 4.79 Å². The van der Waals surface area contributed by atoms with Crippen molar-refractivity contribution in [2.45, 2.75) is 64.5 Å². The van der Waals surface area contributed by atoms with Crippen LogP contribution in [0, 0.1) is 0 Å². The Bertz CT molecular complexity index is 844. The van der Waals surface area contributed by atoms with E-state index in [1.807, 2.05) is 19.2 Å². The number of rotatable bonds is 4. The summed E-state index contributed by atoms with van der Waals surface area (Å²) in [6.07, 6.45) is 7.01. The van der Waals surface area contributed by atoms with Crippen molar-refractivity contribution in [1.82, 2.24) is 25.0 Å². The highest BCUT2D eigenvalue weighted by atomic mass is 16.2. The number of carbonyl (C=O) groups is 1. The Labute approximate surface area is 173 Å². The van der Waals surface area contributed by atoms with Gasteiger partial charge in [0.25, 0.3) is 5.91 Å². The van der Waals surface area contributed by atoms with Crippen LogP contribution in [0.15, 0.2) is 12.1 Å². The fourth-order valence-electron chi connectivity index (χ4n) is 4.58. The molecule has 2 aliphatic heterocycles. The fraction of sp³-hybridized carbons (Fsp3) is 0.682. The molecular weight excluding hydrogens is 364 g/mol. The predicted molar refractivity (Wildman–Crippen MR) is 116 cm³/mol. The number of hydrogen-bond acceptors (Lipinski definition) is 5. The standard InChI is InChI=1S/C22H34N6O/c1-16(2)27-14-10-17(11-15-27)23-22(29)20-18-8-9-19(24-21(18)26(3)25-20)28-12-6-4-5-7-13-28/h8-9,16-17H,4-7,10-15H2,1-3H3,(H,23,29). The van der Waals surface area contributed by atoms with Crippen LogP contribution in [0.25, 0.3) is 11.0 Å². The first kappa shape index (κ1) is 20.1. The lowest BCUT2D eigenvalue weighted by atomic mass is 10.0. The minimum atomic E-state index is -0.0806. The van der Waals surface area contributed by atoms with Gasteiger partial charge >= 0.3 is 0 Å². The molecule has 0 unspecified atom stereocenters. The van der Waals surface area contributed by atoms with Gasteiger partial charge in [0.2, 0.25) is 0 Å². The maximum atomic E-state index is 12.9. The number of hydrogen-bond donors (Lipinski definition) is 1. The Balaban J connectivity index is 1.48. The largest absolute Gasteiger partial charge is 0.357 e. The van der Waals surface area contributed by atoms with Gasteiger partial charge < -0.3 is 15.1 Å². The van der Waals surface area contributed by atoms with Gasteiger partial charge in [-0.2, -0.15) is 5.10 Å². The summed E-state index contributed by atoms with van der Waals surface area (Å²) in [4.78, 5) is 22.6. The van der Waals surface area contributed by atoms with Crippen molar-refractivity contribution in [2.24, 2.45) is 7.05 Å². The molecule has 0 bridgehead atoms. The summed E-state index contributed by atoms with van der Waals surface area (Å²) in [6, 6.07) is 4.86. The number of likely N-dealkylation sites (tertiary alicyclic amines) is 1. The molecule has 0 atom stereocenters. The van der Waals surface area contributed by atoms with Crippen molar-refractivity contribution in [3.63, 3.8) is 0 Å². The van der Waals surface area contributed by atoms with E-state index >= 15 is 0 Å². The third kappa shape index (κ3) is 4.39.